The highest BCUT2D eigenvalue weighted by molar-refractivity contribution is 6.01. The van der Waals surface area contributed by atoms with E-state index in [1.165, 1.54) is 36.5 Å². The molecule has 0 fully saturated rings. The lowest BCUT2D eigenvalue weighted by Gasteiger charge is -2.02. The summed E-state index contributed by atoms with van der Waals surface area (Å²) in [6.45, 7) is -0.189. The highest BCUT2D eigenvalue weighted by atomic mass is 16.3. The SMILES string of the molecule is O=C(CN=Cc1c(O)cccc1O)c1ccccc1O. The Bertz CT molecular complexity index is 644. The summed E-state index contributed by atoms with van der Waals surface area (Å²) in [6, 6.07) is 10.5. The Kier molecular flexibility index (Phi) is 4.00. The first kappa shape index (κ1) is 13.6. The second kappa shape index (κ2) is 5.88. The molecule has 2 rings (SSSR count). The summed E-state index contributed by atoms with van der Waals surface area (Å²) in [7, 11) is 0. The Hall–Kier alpha value is -2.82. The van der Waals surface area contributed by atoms with Gasteiger partial charge in [-0.25, -0.2) is 0 Å². The molecule has 5 nitrogen and oxygen atoms in total. The first-order valence-corrected chi connectivity index (χ1v) is 5.91. The number of carbonyl (C=O) groups excluding carboxylic acids is 1. The van der Waals surface area contributed by atoms with Crippen molar-refractivity contribution in [1.29, 1.82) is 0 Å². The highest BCUT2D eigenvalue weighted by Crippen LogP contribution is 2.24. The lowest BCUT2D eigenvalue weighted by Crippen LogP contribution is -2.03. The molecule has 0 aromatic heterocycles. The topological polar surface area (TPSA) is 90.1 Å². The van der Waals surface area contributed by atoms with Crippen LogP contribution in [0.1, 0.15) is 15.9 Å². The summed E-state index contributed by atoms with van der Waals surface area (Å²) in [5, 5.41) is 28.6. The molecule has 20 heavy (non-hydrogen) atoms. The van der Waals surface area contributed by atoms with Gasteiger partial charge in [-0.15, -0.1) is 0 Å². The fraction of sp³-hybridized carbons (Fsp3) is 0.0667. The smallest absolute Gasteiger partial charge is 0.187 e. The molecule has 0 unspecified atom stereocenters. The molecule has 0 heterocycles. The van der Waals surface area contributed by atoms with E-state index < -0.39 is 0 Å². The fourth-order valence-corrected chi connectivity index (χ4v) is 1.69. The quantitative estimate of drug-likeness (QED) is 0.586. The van der Waals surface area contributed by atoms with Gasteiger partial charge in [0.15, 0.2) is 5.78 Å². The zero-order chi connectivity index (χ0) is 14.5. The van der Waals surface area contributed by atoms with Gasteiger partial charge in [-0.2, -0.15) is 0 Å². The Morgan fingerprint density at radius 1 is 0.950 bits per heavy atom. The van der Waals surface area contributed by atoms with E-state index in [-0.39, 0.29) is 40.7 Å². The molecule has 0 aliphatic carbocycles. The van der Waals surface area contributed by atoms with Crippen molar-refractivity contribution in [1.82, 2.24) is 0 Å². The van der Waals surface area contributed by atoms with E-state index >= 15 is 0 Å². The Labute approximate surface area is 115 Å². The standard InChI is InChI=1S/C15H13NO4/c17-12-5-2-1-4-10(12)15(20)9-16-8-11-13(18)6-3-7-14(11)19/h1-8,17-19H,9H2. The van der Waals surface area contributed by atoms with Crippen LogP contribution in [-0.4, -0.2) is 33.9 Å². The van der Waals surface area contributed by atoms with Crippen molar-refractivity contribution in [2.24, 2.45) is 4.99 Å². The normalized spacial score (nSPS) is 10.8. The van der Waals surface area contributed by atoms with E-state index in [1.807, 2.05) is 0 Å². The summed E-state index contributed by atoms with van der Waals surface area (Å²) in [5.41, 5.74) is 0.337. The molecule has 0 aliphatic heterocycles. The van der Waals surface area contributed by atoms with Crippen LogP contribution in [0.5, 0.6) is 17.2 Å². The van der Waals surface area contributed by atoms with Gasteiger partial charge >= 0.3 is 0 Å². The molecule has 5 heteroatoms. The van der Waals surface area contributed by atoms with Crippen LogP contribution < -0.4 is 0 Å². The monoisotopic (exact) mass is 271 g/mol. The number of Topliss-reactive ketones (excluding diaryl/α,β-unsaturated/α-hetero) is 1. The molecule has 0 bridgehead atoms. The molecule has 0 saturated heterocycles. The second-order valence-electron chi connectivity index (χ2n) is 4.12. The van der Waals surface area contributed by atoms with Crippen LogP contribution in [-0.2, 0) is 0 Å². The fourth-order valence-electron chi connectivity index (χ4n) is 1.69. The Morgan fingerprint density at radius 2 is 1.55 bits per heavy atom. The van der Waals surface area contributed by atoms with Gasteiger partial charge in [0.1, 0.15) is 23.8 Å². The molecule has 2 aromatic carbocycles. The number of para-hydroxylation sites is 1. The number of ketones is 1. The molecule has 0 atom stereocenters. The average Bonchev–Trinajstić information content (AvgIpc) is 2.42. The van der Waals surface area contributed by atoms with Crippen molar-refractivity contribution < 1.29 is 20.1 Å². The molecule has 0 aliphatic rings. The largest absolute Gasteiger partial charge is 0.507 e. The van der Waals surface area contributed by atoms with Crippen molar-refractivity contribution in [2.75, 3.05) is 6.54 Å². The van der Waals surface area contributed by atoms with Gasteiger partial charge in [0.25, 0.3) is 0 Å². The predicted molar refractivity (Wildman–Crippen MR) is 74.7 cm³/mol. The zero-order valence-electron chi connectivity index (χ0n) is 10.5. The molecule has 0 spiro atoms. The minimum Gasteiger partial charge on any atom is -0.507 e. The first-order chi connectivity index (χ1) is 9.59. The number of hydrogen-bond acceptors (Lipinski definition) is 5. The number of phenols is 3. The van der Waals surface area contributed by atoms with Gasteiger partial charge in [-0.05, 0) is 24.3 Å². The molecule has 0 amide bonds. The van der Waals surface area contributed by atoms with E-state index in [1.54, 1.807) is 12.1 Å². The predicted octanol–water partition coefficient (Wildman–Crippen LogP) is 2.11. The van der Waals surface area contributed by atoms with Gasteiger partial charge in [-0.3, -0.25) is 9.79 Å². The first-order valence-electron chi connectivity index (χ1n) is 5.91. The van der Waals surface area contributed by atoms with Crippen molar-refractivity contribution in [2.45, 2.75) is 0 Å². The minimum atomic E-state index is -0.353. The number of nitrogens with zero attached hydrogens (tertiary/aromatic N) is 1. The second-order valence-corrected chi connectivity index (χ2v) is 4.12. The minimum absolute atomic E-state index is 0.0990. The Balaban J connectivity index is 2.11. The highest BCUT2D eigenvalue weighted by Gasteiger charge is 2.09. The van der Waals surface area contributed by atoms with E-state index in [0.29, 0.717) is 0 Å². The summed E-state index contributed by atoms with van der Waals surface area (Å²) >= 11 is 0. The number of rotatable bonds is 4. The lowest BCUT2D eigenvalue weighted by atomic mass is 10.1. The summed E-state index contributed by atoms with van der Waals surface area (Å²) in [5.74, 6) is -0.695. The number of phenolic OH excluding ortho intramolecular Hbond substituents is 3. The van der Waals surface area contributed by atoms with Crippen molar-refractivity contribution >= 4 is 12.0 Å². The van der Waals surface area contributed by atoms with E-state index in [4.69, 9.17) is 0 Å². The van der Waals surface area contributed by atoms with E-state index in [9.17, 15) is 20.1 Å². The molecule has 0 saturated carbocycles. The molecule has 0 radical (unpaired) electrons. The van der Waals surface area contributed by atoms with Crippen molar-refractivity contribution in [3.63, 3.8) is 0 Å². The van der Waals surface area contributed by atoms with Crippen molar-refractivity contribution in [3.8, 4) is 17.2 Å². The molecule has 2 aromatic rings. The van der Waals surface area contributed by atoms with Crippen LogP contribution in [0.3, 0.4) is 0 Å². The number of aromatic hydroxyl groups is 3. The molecular formula is C15H13NO4. The zero-order valence-corrected chi connectivity index (χ0v) is 10.5. The van der Waals surface area contributed by atoms with Crippen LogP contribution in [0.25, 0.3) is 0 Å². The van der Waals surface area contributed by atoms with Crippen LogP contribution in [0.2, 0.25) is 0 Å². The molecular weight excluding hydrogens is 258 g/mol. The van der Waals surface area contributed by atoms with Gasteiger partial charge in [0.05, 0.1) is 11.1 Å². The summed E-state index contributed by atoms with van der Waals surface area (Å²) in [4.78, 5) is 15.7. The van der Waals surface area contributed by atoms with Crippen LogP contribution >= 0.6 is 0 Å². The van der Waals surface area contributed by atoms with Gasteiger partial charge in [0, 0.05) is 6.21 Å². The maximum atomic E-state index is 11.8. The molecule has 102 valence electrons. The van der Waals surface area contributed by atoms with Crippen LogP contribution in [0.15, 0.2) is 47.5 Å². The van der Waals surface area contributed by atoms with Gasteiger partial charge in [0.2, 0.25) is 0 Å². The van der Waals surface area contributed by atoms with Crippen LogP contribution in [0.4, 0.5) is 0 Å². The summed E-state index contributed by atoms with van der Waals surface area (Å²) < 4.78 is 0. The number of aliphatic imine (C=N–C) groups is 1. The lowest BCUT2D eigenvalue weighted by molar-refractivity contribution is 0.0999. The number of carbonyl (C=O) groups is 1. The van der Waals surface area contributed by atoms with E-state index in [2.05, 4.69) is 4.99 Å². The third-order valence-corrected chi connectivity index (χ3v) is 2.72. The summed E-state index contributed by atoms with van der Waals surface area (Å²) in [6.07, 6.45) is 1.22. The maximum Gasteiger partial charge on any atom is 0.187 e. The van der Waals surface area contributed by atoms with E-state index in [0.717, 1.165) is 0 Å². The Morgan fingerprint density at radius 3 is 2.20 bits per heavy atom. The third-order valence-electron chi connectivity index (χ3n) is 2.72. The maximum absolute atomic E-state index is 11.8. The molecule has 3 N–H and O–H groups in total. The van der Waals surface area contributed by atoms with Crippen LogP contribution in [0, 0.1) is 0 Å². The third kappa shape index (κ3) is 2.95. The number of benzene rings is 2. The number of hydrogen-bond donors (Lipinski definition) is 3. The average molecular weight is 271 g/mol. The van der Waals surface area contributed by atoms with Gasteiger partial charge in [-0.1, -0.05) is 18.2 Å². The van der Waals surface area contributed by atoms with Crippen molar-refractivity contribution in [3.05, 3.63) is 53.6 Å². The van der Waals surface area contributed by atoms with Gasteiger partial charge < -0.3 is 15.3 Å².